The summed E-state index contributed by atoms with van der Waals surface area (Å²) in [4.78, 5) is 4.02. The smallest absolute Gasteiger partial charge is 0.132 e. The van der Waals surface area contributed by atoms with Crippen molar-refractivity contribution in [2.75, 3.05) is 6.54 Å². The average Bonchev–Trinajstić information content (AvgIpc) is 2.85. The fourth-order valence-electron chi connectivity index (χ4n) is 1.70. The number of nitrogens with zero attached hydrogens (tertiary/aromatic N) is 1. The molecule has 0 aliphatic rings. The minimum absolute atomic E-state index is 0.195. The minimum atomic E-state index is -0.732. The van der Waals surface area contributed by atoms with Crippen LogP contribution in [0.15, 0.2) is 47.3 Å². The average molecular weight is 218 g/mol. The molecular weight excluding hydrogens is 204 g/mol. The van der Waals surface area contributed by atoms with Gasteiger partial charge in [0.1, 0.15) is 11.9 Å². The number of pyridine rings is 1. The van der Waals surface area contributed by atoms with Crippen molar-refractivity contribution in [2.45, 2.75) is 12.0 Å². The fraction of sp³-hybridized carbons (Fsp3) is 0.250. The first-order valence-corrected chi connectivity index (χ1v) is 5.14. The lowest BCUT2D eigenvalue weighted by Crippen LogP contribution is -2.19. The van der Waals surface area contributed by atoms with Gasteiger partial charge in [0.05, 0.1) is 6.26 Å². The molecule has 0 bridgehead atoms. The Kier molecular flexibility index (Phi) is 3.34. The highest BCUT2D eigenvalue weighted by molar-refractivity contribution is 5.20. The molecule has 2 aromatic rings. The highest BCUT2D eigenvalue weighted by atomic mass is 16.4. The van der Waals surface area contributed by atoms with Gasteiger partial charge in [0.15, 0.2) is 0 Å². The number of furan rings is 1. The van der Waals surface area contributed by atoms with E-state index in [1.165, 1.54) is 6.26 Å². The van der Waals surface area contributed by atoms with Crippen LogP contribution < -0.4 is 5.73 Å². The molecule has 3 N–H and O–H groups in total. The van der Waals surface area contributed by atoms with Crippen LogP contribution in [0.3, 0.4) is 0 Å². The summed E-state index contributed by atoms with van der Waals surface area (Å²) in [5, 5.41) is 10.1. The Morgan fingerprint density at radius 2 is 2.25 bits per heavy atom. The van der Waals surface area contributed by atoms with Gasteiger partial charge in [-0.3, -0.25) is 4.98 Å². The van der Waals surface area contributed by atoms with E-state index in [9.17, 15) is 5.11 Å². The van der Waals surface area contributed by atoms with Crippen molar-refractivity contribution in [3.05, 3.63) is 54.2 Å². The van der Waals surface area contributed by atoms with Gasteiger partial charge in [-0.2, -0.15) is 0 Å². The number of rotatable bonds is 4. The molecule has 0 aliphatic heterocycles. The lowest BCUT2D eigenvalue weighted by Gasteiger charge is -2.19. The Bertz CT molecular complexity index is 414. The van der Waals surface area contributed by atoms with Crippen LogP contribution in [0.1, 0.15) is 23.3 Å². The van der Waals surface area contributed by atoms with Gasteiger partial charge in [-0.25, -0.2) is 0 Å². The number of aromatic nitrogens is 1. The predicted molar refractivity (Wildman–Crippen MR) is 59.7 cm³/mol. The van der Waals surface area contributed by atoms with Crippen LogP contribution in [0.2, 0.25) is 0 Å². The zero-order chi connectivity index (χ0) is 11.4. The summed E-state index contributed by atoms with van der Waals surface area (Å²) in [6.45, 7) is 0.341. The van der Waals surface area contributed by atoms with Gasteiger partial charge in [-0.15, -0.1) is 0 Å². The summed E-state index contributed by atoms with van der Waals surface area (Å²) in [6.07, 6.45) is 4.21. The summed E-state index contributed by atoms with van der Waals surface area (Å²) in [5.74, 6) is 0.333. The lowest BCUT2D eigenvalue weighted by atomic mass is 9.93. The molecule has 84 valence electrons. The van der Waals surface area contributed by atoms with E-state index in [1.54, 1.807) is 24.5 Å². The van der Waals surface area contributed by atoms with Crippen LogP contribution >= 0.6 is 0 Å². The zero-order valence-corrected chi connectivity index (χ0v) is 8.78. The topological polar surface area (TPSA) is 72.3 Å². The number of nitrogens with two attached hydrogens (primary N) is 1. The van der Waals surface area contributed by atoms with E-state index in [0.29, 0.717) is 12.3 Å². The van der Waals surface area contributed by atoms with Crippen LogP contribution in [0.4, 0.5) is 0 Å². The molecule has 0 spiro atoms. The summed E-state index contributed by atoms with van der Waals surface area (Å²) >= 11 is 0. The quantitative estimate of drug-likeness (QED) is 0.814. The highest BCUT2D eigenvalue weighted by Gasteiger charge is 2.23. The van der Waals surface area contributed by atoms with E-state index in [0.717, 1.165) is 5.56 Å². The molecule has 2 unspecified atom stereocenters. The second-order valence-electron chi connectivity index (χ2n) is 3.59. The molecule has 2 rings (SSSR count). The molecule has 0 saturated carbocycles. The first-order chi connectivity index (χ1) is 7.83. The van der Waals surface area contributed by atoms with Crippen molar-refractivity contribution in [1.29, 1.82) is 0 Å². The van der Waals surface area contributed by atoms with Crippen molar-refractivity contribution in [2.24, 2.45) is 5.73 Å². The van der Waals surface area contributed by atoms with Crippen LogP contribution in [-0.2, 0) is 0 Å². The third-order valence-electron chi connectivity index (χ3n) is 2.58. The first kappa shape index (κ1) is 10.9. The number of aliphatic hydroxyl groups is 1. The Balaban J connectivity index is 2.23. The SMILES string of the molecule is NCC(c1cccnc1)C(O)c1ccco1. The maximum absolute atomic E-state index is 10.1. The van der Waals surface area contributed by atoms with Gasteiger partial charge >= 0.3 is 0 Å². The van der Waals surface area contributed by atoms with Crippen molar-refractivity contribution in [3.63, 3.8) is 0 Å². The fourth-order valence-corrected chi connectivity index (χ4v) is 1.70. The minimum Gasteiger partial charge on any atom is -0.467 e. The summed E-state index contributed by atoms with van der Waals surface area (Å²) in [6, 6.07) is 7.21. The molecule has 2 atom stereocenters. The van der Waals surface area contributed by atoms with Crippen LogP contribution in [0.5, 0.6) is 0 Å². The molecule has 0 aliphatic carbocycles. The summed E-state index contributed by atoms with van der Waals surface area (Å²) in [7, 11) is 0. The van der Waals surface area contributed by atoms with Crippen molar-refractivity contribution >= 4 is 0 Å². The Labute approximate surface area is 93.7 Å². The van der Waals surface area contributed by atoms with Gasteiger partial charge < -0.3 is 15.3 Å². The van der Waals surface area contributed by atoms with E-state index >= 15 is 0 Å². The third-order valence-corrected chi connectivity index (χ3v) is 2.58. The second-order valence-corrected chi connectivity index (χ2v) is 3.59. The maximum atomic E-state index is 10.1. The Morgan fingerprint density at radius 3 is 2.81 bits per heavy atom. The molecule has 0 amide bonds. The largest absolute Gasteiger partial charge is 0.467 e. The lowest BCUT2D eigenvalue weighted by molar-refractivity contribution is 0.122. The second kappa shape index (κ2) is 4.92. The van der Waals surface area contributed by atoms with Crippen molar-refractivity contribution in [1.82, 2.24) is 4.98 Å². The number of hydrogen-bond donors (Lipinski definition) is 2. The molecule has 0 saturated heterocycles. The standard InChI is InChI=1S/C12H14N2O2/c13-7-10(9-3-1-5-14-8-9)12(15)11-4-2-6-16-11/h1-6,8,10,12,15H,7,13H2. The molecule has 2 heterocycles. The van der Waals surface area contributed by atoms with E-state index in [4.69, 9.17) is 10.2 Å². The molecule has 4 nitrogen and oxygen atoms in total. The molecule has 0 aromatic carbocycles. The molecular formula is C12H14N2O2. The predicted octanol–water partition coefficient (Wildman–Crippen LogP) is 1.45. The van der Waals surface area contributed by atoms with E-state index < -0.39 is 6.10 Å². The van der Waals surface area contributed by atoms with E-state index in [-0.39, 0.29) is 5.92 Å². The Morgan fingerprint density at radius 1 is 1.38 bits per heavy atom. The molecule has 16 heavy (non-hydrogen) atoms. The normalized spacial score (nSPS) is 14.6. The molecule has 4 heteroatoms. The van der Waals surface area contributed by atoms with Gasteiger partial charge in [-0.05, 0) is 23.8 Å². The first-order valence-electron chi connectivity index (χ1n) is 5.14. The summed E-state index contributed by atoms with van der Waals surface area (Å²) in [5.41, 5.74) is 6.59. The summed E-state index contributed by atoms with van der Waals surface area (Å²) < 4.78 is 5.17. The molecule has 0 radical (unpaired) electrons. The van der Waals surface area contributed by atoms with Gasteiger partial charge in [0, 0.05) is 24.9 Å². The molecule has 0 fully saturated rings. The highest BCUT2D eigenvalue weighted by Crippen LogP contribution is 2.29. The van der Waals surface area contributed by atoms with Gasteiger partial charge in [0.25, 0.3) is 0 Å². The van der Waals surface area contributed by atoms with E-state index in [1.807, 2.05) is 12.1 Å². The monoisotopic (exact) mass is 218 g/mol. The Hall–Kier alpha value is -1.65. The molecule has 2 aromatic heterocycles. The van der Waals surface area contributed by atoms with Crippen molar-refractivity contribution in [3.8, 4) is 0 Å². The van der Waals surface area contributed by atoms with Gasteiger partial charge in [-0.1, -0.05) is 6.07 Å². The zero-order valence-electron chi connectivity index (χ0n) is 8.78. The van der Waals surface area contributed by atoms with Crippen LogP contribution in [0.25, 0.3) is 0 Å². The van der Waals surface area contributed by atoms with E-state index in [2.05, 4.69) is 4.98 Å². The third kappa shape index (κ3) is 2.13. The maximum Gasteiger partial charge on any atom is 0.132 e. The van der Waals surface area contributed by atoms with Crippen molar-refractivity contribution < 1.29 is 9.52 Å². The van der Waals surface area contributed by atoms with Crippen LogP contribution in [-0.4, -0.2) is 16.6 Å². The van der Waals surface area contributed by atoms with Crippen LogP contribution in [0, 0.1) is 0 Å². The number of aliphatic hydroxyl groups excluding tert-OH is 1. The van der Waals surface area contributed by atoms with Gasteiger partial charge in [0.2, 0.25) is 0 Å². The number of hydrogen-bond acceptors (Lipinski definition) is 4.